The van der Waals surface area contributed by atoms with E-state index in [2.05, 4.69) is 16.2 Å². The molecule has 0 aliphatic rings. The molecule has 22 heavy (non-hydrogen) atoms. The molecule has 2 heterocycles. The minimum atomic E-state index is 0.240. The monoisotopic (exact) mass is 307 g/mol. The van der Waals surface area contributed by atoms with Gasteiger partial charge in [0, 0.05) is 15.3 Å². The van der Waals surface area contributed by atoms with Gasteiger partial charge in [-0.3, -0.25) is 0 Å². The quantitative estimate of drug-likeness (QED) is 0.669. The highest BCUT2D eigenvalue weighted by atomic mass is 32.1. The van der Waals surface area contributed by atoms with Gasteiger partial charge in [0.2, 0.25) is 5.82 Å². The van der Waals surface area contributed by atoms with Crippen LogP contribution in [-0.4, -0.2) is 10.1 Å². The second-order valence-electron chi connectivity index (χ2n) is 4.91. The van der Waals surface area contributed by atoms with Crippen LogP contribution in [0.15, 0.2) is 40.9 Å². The number of aryl methyl sites for hydroxylation is 2. The van der Waals surface area contributed by atoms with Crippen molar-refractivity contribution in [3.63, 3.8) is 0 Å². The zero-order valence-corrected chi connectivity index (χ0v) is 13.0. The molecular formula is C17H13N3OS. The number of hydrogen-bond acceptors (Lipinski definition) is 5. The van der Waals surface area contributed by atoms with E-state index < -0.39 is 0 Å². The smallest absolute Gasteiger partial charge is 0.268 e. The largest absolute Gasteiger partial charge is 0.333 e. The van der Waals surface area contributed by atoms with Crippen molar-refractivity contribution in [2.24, 2.45) is 0 Å². The first kappa shape index (κ1) is 14.2. The van der Waals surface area contributed by atoms with Crippen molar-refractivity contribution < 1.29 is 4.52 Å². The second-order valence-corrected chi connectivity index (χ2v) is 6.23. The second kappa shape index (κ2) is 5.96. The van der Waals surface area contributed by atoms with Gasteiger partial charge in [0.05, 0.1) is 0 Å². The van der Waals surface area contributed by atoms with Gasteiger partial charge in [-0.2, -0.15) is 10.2 Å². The van der Waals surface area contributed by atoms with E-state index >= 15 is 0 Å². The molecule has 0 radical (unpaired) electrons. The van der Waals surface area contributed by atoms with Gasteiger partial charge >= 0.3 is 0 Å². The molecule has 0 N–H and O–H groups in total. The lowest BCUT2D eigenvalue weighted by Crippen LogP contribution is -1.83. The van der Waals surface area contributed by atoms with Gasteiger partial charge in [-0.15, -0.1) is 11.3 Å². The standard InChI is InChI=1S/C17H13N3OS/c1-11-3-6-13(7-4-11)16-19-17(21-20-16)14(10-18)9-15-8-5-12(2)22-15/h3-9H,1-2H3. The Morgan fingerprint density at radius 1 is 1.18 bits per heavy atom. The molecular weight excluding hydrogens is 294 g/mol. The van der Waals surface area contributed by atoms with E-state index in [0.717, 1.165) is 16.0 Å². The Morgan fingerprint density at radius 3 is 2.59 bits per heavy atom. The van der Waals surface area contributed by atoms with Crippen LogP contribution in [0.25, 0.3) is 23.0 Å². The van der Waals surface area contributed by atoms with Crippen molar-refractivity contribution in [1.29, 1.82) is 5.26 Å². The van der Waals surface area contributed by atoms with E-state index in [0.29, 0.717) is 11.4 Å². The lowest BCUT2D eigenvalue weighted by Gasteiger charge is -1.94. The van der Waals surface area contributed by atoms with E-state index in [1.807, 2.05) is 50.2 Å². The summed E-state index contributed by atoms with van der Waals surface area (Å²) in [5.41, 5.74) is 2.40. The summed E-state index contributed by atoms with van der Waals surface area (Å²) in [5.74, 6) is 0.725. The average Bonchev–Trinajstić information content (AvgIpc) is 3.15. The van der Waals surface area contributed by atoms with Crippen molar-refractivity contribution >= 4 is 23.0 Å². The number of aromatic nitrogens is 2. The normalized spacial score (nSPS) is 11.4. The lowest BCUT2D eigenvalue weighted by molar-refractivity contribution is 0.409. The van der Waals surface area contributed by atoms with Crippen molar-refractivity contribution in [3.05, 3.63) is 57.6 Å². The molecule has 2 aromatic heterocycles. The van der Waals surface area contributed by atoms with Gasteiger partial charge in [0.25, 0.3) is 5.89 Å². The zero-order valence-electron chi connectivity index (χ0n) is 12.2. The molecule has 0 atom stereocenters. The number of allylic oxidation sites excluding steroid dienone is 1. The van der Waals surface area contributed by atoms with Crippen LogP contribution in [0, 0.1) is 25.2 Å². The third-order valence-corrected chi connectivity index (χ3v) is 4.08. The maximum atomic E-state index is 9.32. The highest BCUT2D eigenvalue weighted by Gasteiger charge is 2.13. The lowest BCUT2D eigenvalue weighted by atomic mass is 10.1. The number of hydrogen-bond donors (Lipinski definition) is 0. The van der Waals surface area contributed by atoms with Crippen molar-refractivity contribution in [1.82, 2.24) is 10.1 Å². The molecule has 0 amide bonds. The van der Waals surface area contributed by atoms with Crippen LogP contribution in [0.3, 0.4) is 0 Å². The molecule has 0 fully saturated rings. The number of nitriles is 1. The van der Waals surface area contributed by atoms with Crippen LogP contribution in [0.4, 0.5) is 0 Å². The average molecular weight is 307 g/mol. The summed E-state index contributed by atoms with van der Waals surface area (Å²) < 4.78 is 5.23. The fraction of sp³-hybridized carbons (Fsp3) is 0.118. The summed E-state index contributed by atoms with van der Waals surface area (Å²) in [5, 5.41) is 13.3. The van der Waals surface area contributed by atoms with Crippen LogP contribution in [0.5, 0.6) is 0 Å². The molecule has 0 aliphatic heterocycles. The summed E-state index contributed by atoms with van der Waals surface area (Å²) in [6.45, 7) is 4.04. The first-order chi connectivity index (χ1) is 10.7. The number of rotatable bonds is 3. The molecule has 0 spiro atoms. The topological polar surface area (TPSA) is 62.7 Å². The predicted octanol–water partition coefficient (Wildman–Crippen LogP) is 4.48. The molecule has 4 nitrogen and oxygen atoms in total. The van der Waals surface area contributed by atoms with Gasteiger partial charge in [-0.25, -0.2) is 0 Å². The van der Waals surface area contributed by atoms with Crippen LogP contribution < -0.4 is 0 Å². The summed E-state index contributed by atoms with van der Waals surface area (Å²) >= 11 is 1.61. The molecule has 3 aromatic rings. The summed E-state index contributed by atoms with van der Waals surface area (Å²) in [7, 11) is 0. The van der Waals surface area contributed by atoms with Crippen LogP contribution in [0.2, 0.25) is 0 Å². The number of thiophene rings is 1. The van der Waals surface area contributed by atoms with E-state index in [9.17, 15) is 5.26 Å². The van der Waals surface area contributed by atoms with E-state index in [1.165, 1.54) is 4.88 Å². The summed E-state index contributed by atoms with van der Waals surface area (Å²) in [6.07, 6.45) is 1.77. The van der Waals surface area contributed by atoms with Gasteiger partial charge in [-0.05, 0) is 32.1 Å². The maximum Gasteiger partial charge on any atom is 0.268 e. The zero-order chi connectivity index (χ0) is 15.5. The third-order valence-electron chi connectivity index (χ3n) is 3.13. The molecule has 1 aromatic carbocycles. The molecule has 3 rings (SSSR count). The Hall–Kier alpha value is -2.71. The van der Waals surface area contributed by atoms with E-state index in [1.54, 1.807) is 17.4 Å². The SMILES string of the molecule is Cc1ccc(-c2noc(C(C#N)=Cc3ccc(C)s3)n2)cc1. The highest BCUT2D eigenvalue weighted by Crippen LogP contribution is 2.24. The van der Waals surface area contributed by atoms with Crippen LogP contribution >= 0.6 is 11.3 Å². The Morgan fingerprint density at radius 2 is 1.95 bits per heavy atom. The Kier molecular flexibility index (Phi) is 3.86. The molecule has 0 saturated carbocycles. The third kappa shape index (κ3) is 2.97. The van der Waals surface area contributed by atoms with Crippen LogP contribution in [0.1, 0.15) is 21.2 Å². The number of nitrogens with zero attached hydrogens (tertiary/aromatic N) is 3. The molecule has 0 bridgehead atoms. The Balaban J connectivity index is 1.93. The maximum absolute atomic E-state index is 9.32. The van der Waals surface area contributed by atoms with Gasteiger partial charge in [0.15, 0.2) is 0 Å². The fourth-order valence-electron chi connectivity index (χ4n) is 1.97. The number of benzene rings is 1. The first-order valence-electron chi connectivity index (χ1n) is 6.75. The molecule has 0 saturated heterocycles. The molecule has 0 unspecified atom stereocenters. The summed E-state index contributed by atoms with van der Waals surface area (Å²) in [4.78, 5) is 6.50. The van der Waals surface area contributed by atoms with E-state index in [-0.39, 0.29) is 5.89 Å². The molecule has 5 heteroatoms. The van der Waals surface area contributed by atoms with Crippen molar-refractivity contribution in [2.45, 2.75) is 13.8 Å². The van der Waals surface area contributed by atoms with Gasteiger partial charge in [0.1, 0.15) is 11.6 Å². The van der Waals surface area contributed by atoms with Gasteiger partial charge in [-0.1, -0.05) is 35.0 Å². The fourth-order valence-corrected chi connectivity index (χ4v) is 2.79. The van der Waals surface area contributed by atoms with Crippen molar-refractivity contribution in [3.8, 4) is 17.5 Å². The summed E-state index contributed by atoms with van der Waals surface area (Å²) in [6, 6.07) is 13.9. The molecule has 0 aliphatic carbocycles. The minimum Gasteiger partial charge on any atom is -0.333 e. The van der Waals surface area contributed by atoms with Gasteiger partial charge < -0.3 is 4.52 Å². The van der Waals surface area contributed by atoms with Crippen molar-refractivity contribution in [2.75, 3.05) is 0 Å². The van der Waals surface area contributed by atoms with E-state index in [4.69, 9.17) is 4.52 Å². The minimum absolute atomic E-state index is 0.240. The Bertz CT molecular complexity index is 866. The Labute approximate surface area is 132 Å². The predicted molar refractivity (Wildman–Crippen MR) is 87.0 cm³/mol. The van der Waals surface area contributed by atoms with Crippen LogP contribution in [-0.2, 0) is 0 Å². The molecule has 108 valence electrons. The first-order valence-corrected chi connectivity index (χ1v) is 7.57. The highest BCUT2D eigenvalue weighted by molar-refractivity contribution is 7.12.